The van der Waals surface area contributed by atoms with Gasteiger partial charge in [0.15, 0.2) is 0 Å². The van der Waals surface area contributed by atoms with Crippen molar-refractivity contribution in [3.8, 4) is 0 Å². The summed E-state index contributed by atoms with van der Waals surface area (Å²) >= 11 is 0. The van der Waals surface area contributed by atoms with Crippen molar-refractivity contribution in [3.63, 3.8) is 0 Å². The number of nitrogens with one attached hydrogen (secondary N) is 2. The SMILES string of the molecule is CC(C)(C)OC(=O)Nc1ccc(F)c(NC(=O)CC2OCCc3ccccc32)c1. The van der Waals surface area contributed by atoms with Gasteiger partial charge in [-0.3, -0.25) is 10.1 Å². The zero-order valence-electron chi connectivity index (χ0n) is 16.8. The molecule has 7 heteroatoms. The van der Waals surface area contributed by atoms with Gasteiger partial charge in [-0.1, -0.05) is 24.3 Å². The first-order valence-electron chi connectivity index (χ1n) is 9.50. The predicted molar refractivity (Wildman–Crippen MR) is 108 cm³/mol. The lowest BCUT2D eigenvalue weighted by Gasteiger charge is -2.25. The molecular weight excluding hydrogens is 375 g/mol. The minimum atomic E-state index is -0.659. The van der Waals surface area contributed by atoms with E-state index in [2.05, 4.69) is 10.6 Å². The topological polar surface area (TPSA) is 76.7 Å². The summed E-state index contributed by atoms with van der Waals surface area (Å²) in [6, 6.07) is 11.8. The number of amides is 2. The summed E-state index contributed by atoms with van der Waals surface area (Å²) in [5.41, 5.74) is 1.78. The molecule has 1 aliphatic heterocycles. The Balaban J connectivity index is 1.65. The number of ether oxygens (including phenoxy) is 2. The van der Waals surface area contributed by atoms with E-state index >= 15 is 0 Å². The van der Waals surface area contributed by atoms with Crippen molar-refractivity contribution >= 4 is 23.4 Å². The number of carbonyl (C=O) groups excluding carboxylic acids is 2. The number of rotatable bonds is 4. The first-order chi connectivity index (χ1) is 13.7. The molecule has 2 N–H and O–H groups in total. The first-order valence-corrected chi connectivity index (χ1v) is 9.50. The minimum Gasteiger partial charge on any atom is -0.444 e. The van der Waals surface area contributed by atoms with E-state index in [-0.39, 0.29) is 24.1 Å². The molecule has 2 amide bonds. The Morgan fingerprint density at radius 3 is 2.69 bits per heavy atom. The molecule has 154 valence electrons. The van der Waals surface area contributed by atoms with Crippen LogP contribution in [0.5, 0.6) is 0 Å². The number of fused-ring (bicyclic) bond motifs is 1. The summed E-state index contributed by atoms with van der Waals surface area (Å²) in [4.78, 5) is 24.4. The molecule has 6 nitrogen and oxygen atoms in total. The van der Waals surface area contributed by atoms with Crippen LogP contribution < -0.4 is 10.6 Å². The summed E-state index contributed by atoms with van der Waals surface area (Å²) in [7, 11) is 0. The third kappa shape index (κ3) is 5.77. The van der Waals surface area contributed by atoms with Crippen LogP contribution in [0.1, 0.15) is 44.4 Å². The van der Waals surface area contributed by atoms with Crippen LogP contribution in [0.3, 0.4) is 0 Å². The van der Waals surface area contributed by atoms with Gasteiger partial charge in [-0.15, -0.1) is 0 Å². The molecule has 1 heterocycles. The number of halogens is 1. The van der Waals surface area contributed by atoms with Crippen LogP contribution in [0.4, 0.5) is 20.6 Å². The Morgan fingerprint density at radius 1 is 1.17 bits per heavy atom. The number of carbonyl (C=O) groups is 2. The van der Waals surface area contributed by atoms with Crippen molar-refractivity contribution in [1.29, 1.82) is 0 Å². The molecule has 0 bridgehead atoms. The highest BCUT2D eigenvalue weighted by Crippen LogP contribution is 2.30. The molecule has 0 radical (unpaired) electrons. The quantitative estimate of drug-likeness (QED) is 0.772. The van der Waals surface area contributed by atoms with E-state index in [9.17, 15) is 14.0 Å². The highest BCUT2D eigenvalue weighted by atomic mass is 19.1. The average Bonchev–Trinajstić information content (AvgIpc) is 2.63. The summed E-state index contributed by atoms with van der Waals surface area (Å²) in [5, 5.41) is 5.09. The Hall–Kier alpha value is -2.93. The molecule has 0 fully saturated rings. The molecule has 1 aliphatic rings. The summed E-state index contributed by atoms with van der Waals surface area (Å²) in [6.45, 7) is 5.77. The second-order valence-electron chi connectivity index (χ2n) is 7.88. The average molecular weight is 400 g/mol. The van der Waals surface area contributed by atoms with Gasteiger partial charge >= 0.3 is 6.09 Å². The summed E-state index contributed by atoms with van der Waals surface area (Å²) in [5.74, 6) is -0.974. The molecule has 3 rings (SSSR count). The Labute approximate surface area is 169 Å². The van der Waals surface area contributed by atoms with E-state index in [4.69, 9.17) is 9.47 Å². The van der Waals surface area contributed by atoms with Gasteiger partial charge in [-0.05, 0) is 56.5 Å². The van der Waals surface area contributed by atoms with Gasteiger partial charge in [0.05, 0.1) is 24.8 Å². The standard InChI is InChI=1S/C22H25FN2O4/c1-22(2,3)29-21(27)24-15-8-9-17(23)18(12-15)25-20(26)13-19-16-7-5-4-6-14(16)10-11-28-19/h4-9,12,19H,10-11,13H2,1-3H3,(H,24,27)(H,25,26). The molecule has 0 aliphatic carbocycles. The Morgan fingerprint density at radius 2 is 1.93 bits per heavy atom. The molecule has 0 saturated heterocycles. The van der Waals surface area contributed by atoms with Gasteiger partial charge in [-0.25, -0.2) is 9.18 Å². The zero-order chi connectivity index (χ0) is 21.0. The fraction of sp³-hybridized carbons (Fsp3) is 0.364. The highest BCUT2D eigenvalue weighted by Gasteiger charge is 2.23. The highest BCUT2D eigenvalue weighted by molar-refractivity contribution is 5.93. The molecule has 0 aromatic heterocycles. The number of hydrogen-bond donors (Lipinski definition) is 2. The normalized spacial score (nSPS) is 15.9. The maximum Gasteiger partial charge on any atom is 0.412 e. The van der Waals surface area contributed by atoms with Crippen molar-refractivity contribution in [2.75, 3.05) is 17.2 Å². The summed E-state index contributed by atoms with van der Waals surface area (Å²) < 4.78 is 25.1. The van der Waals surface area contributed by atoms with Crippen LogP contribution >= 0.6 is 0 Å². The lowest BCUT2D eigenvalue weighted by molar-refractivity contribution is -0.119. The van der Waals surface area contributed by atoms with Crippen molar-refractivity contribution in [1.82, 2.24) is 0 Å². The minimum absolute atomic E-state index is 0.0207. The molecule has 1 unspecified atom stereocenters. The number of anilines is 2. The largest absolute Gasteiger partial charge is 0.444 e. The fourth-order valence-electron chi connectivity index (χ4n) is 3.14. The van der Waals surface area contributed by atoms with Gasteiger partial charge in [0.1, 0.15) is 11.4 Å². The van der Waals surface area contributed by atoms with Crippen LogP contribution in [0.2, 0.25) is 0 Å². The van der Waals surface area contributed by atoms with Crippen molar-refractivity contribution in [2.45, 2.75) is 45.3 Å². The smallest absolute Gasteiger partial charge is 0.412 e. The van der Waals surface area contributed by atoms with E-state index in [1.54, 1.807) is 20.8 Å². The van der Waals surface area contributed by atoms with Crippen molar-refractivity contribution in [3.05, 3.63) is 59.4 Å². The van der Waals surface area contributed by atoms with Gasteiger partial charge < -0.3 is 14.8 Å². The van der Waals surface area contributed by atoms with E-state index in [1.165, 1.54) is 18.2 Å². The van der Waals surface area contributed by atoms with E-state index in [0.717, 1.165) is 17.5 Å². The van der Waals surface area contributed by atoms with Gasteiger partial charge in [0, 0.05) is 5.69 Å². The third-order valence-electron chi connectivity index (χ3n) is 4.35. The molecule has 0 spiro atoms. The number of benzene rings is 2. The molecule has 2 aromatic carbocycles. The van der Waals surface area contributed by atoms with Gasteiger partial charge in [0.25, 0.3) is 0 Å². The predicted octanol–water partition coefficient (Wildman–Crippen LogP) is 4.82. The maximum absolute atomic E-state index is 14.2. The van der Waals surface area contributed by atoms with Crippen LogP contribution in [-0.4, -0.2) is 24.2 Å². The van der Waals surface area contributed by atoms with E-state index < -0.39 is 17.5 Å². The molecular formula is C22H25FN2O4. The third-order valence-corrected chi connectivity index (χ3v) is 4.35. The van der Waals surface area contributed by atoms with E-state index in [1.807, 2.05) is 24.3 Å². The lowest BCUT2D eigenvalue weighted by Crippen LogP contribution is -2.27. The second-order valence-corrected chi connectivity index (χ2v) is 7.88. The Bertz CT molecular complexity index is 908. The van der Waals surface area contributed by atoms with Crippen LogP contribution in [0.25, 0.3) is 0 Å². The van der Waals surface area contributed by atoms with Gasteiger partial charge in [-0.2, -0.15) is 0 Å². The van der Waals surface area contributed by atoms with Crippen LogP contribution in [0, 0.1) is 5.82 Å². The number of hydrogen-bond acceptors (Lipinski definition) is 4. The molecule has 29 heavy (non-hydrogen) atoms. The maximum atomic E-state index is 14.2. The molecule has 0 saturated carbocycles. The summed E-state index contributed by atoms with van der Waals surface area (Å²) in [6.07, 6.45) is -0.152. The zero-order valence-corrected chi connectivity index (χ0v) is 16.8. The van der Waals surface area contributed by atoms with Crippen molar-refractivity contribution < 1.29 is 23.5 Å². The Kier molecular flexibility index (Phi) is 6.17. The monoisotopic (exact) mass is 400 g/mol. The molecule has 2 aromatic rings. The second kappa shape index (κ2) is 8.61. The van der Waals surface area contributed by atoms with E-state index in [0.29, 0.717) is 12.3 Å². The lowest BCUT2D eigenvalue weighted by atomic mass is 9.95. The van der Waals surface area contributed by atoms with Crippen molar-refractivity contribution in [2.24, 2.45) is 0 Å². The van der Waals surface area contributed by atoms with Crippen LogP contribution in [0.15, 0.2) is 42.5 Å². The van der Waals surface area contributed by atoms with Gasteiger partial charge in [0.2, 0.25) is 5.91 Å². The fourth-order valence-corrected chi connectivity index (χ4v) is 3.14. The molecule has 1 atom stereocenters. The first kappa shape index (κ1) is 20.8. The van der Waals surface area contributed by atoms with Crippen LogP contribution in [-0.2, 0) is 20.7 Å².